The molecule has 6 heteroatoms. The van der Waals surface area contributed by atoms with Gasteiger partial charge in [-0.1, -0.05) is 0 Å². The molecule has 0 aliphatic heterocycles. The smallest absolute Gasteiger partial charge is 0.329 e. The van der Waals surface area contributed by atoms with Gasteiger partial charge in [-0.2, -0.15) is 8.78 Å². The van der Waals surface area contributed by atoms with Gasteiger partial charge in [-0.15, -0.1) is 0 Å². The van der Waals surface area contributed by atoms with Gasteiger partial charge in [0.25, 0.3) is 5.92 Å². The van der Waals surface area contributed by atoms with Crippen LogP contribution in [0.15, 0.2) is 24.3 Å². The number of carboxylic acid groups (broad SMARTS) is 1. The van der Waals surface area contributed by atoms with Gasteiger partial charge in [0.2, 0.25) is 0 Å². The number of aliphatic carboxylic acids is 1. The van der Waals surface area contributed by atoms with Gasteiger partial charge in [-0.3, -0.25) is 0 Å². The molecule has 0 unspecified atom stereocenters. The molecular formula is C13H16F2O4. The fourth-order valence-electron chi connectivity index (χ4n) is 1.40. The van der Waals surface area contributed by atoms with E-state index in [4.69, 9.17) is 9.84 Å². The van der Waals surface area contributed by atoms with Crippen LogP contribution in [0.1, 0.15) is 19.4 Å². The Balaban J connectivity index is 2.64. The third-order valence-electron chi connectivity index (χ3n) is 2.16. The van der Waals surface area contributed by atoms with Gasteiger partial charge < -0.3 is 14.6 Å². The molecule has 0 aliphatic carbocycles. The first kappa shape index (κ1) is 15.4. The Labute approximate surface area is 109 Å². The van der Waals surface area contributed by atoms with Gasteiger partial charge in [-0.25, -0.2) is 4.79 Å². The highest BCUT2D eigenvalue weighted by atomic mass is 19.3. The van der Waals surface area contributed by atoms with Gasteiger partial charge in [0, 0.05) is 5.56 Å². The Morgan fingerprint density at radius 1 is 1.32 bits per heavy atom. The van der Waals surface area contributed by atoms with Crippen molar-refractivity contribution in [3.05, 3.63) is 29.8 Å². The lowest BCUT2D eigenvalue weighted by molar-refractivity contribution is -0.147. The number of benzene rings is 1. The predicted octanol–water partition coefficient (Wildman–Crippen LogP) is 2.67. The zero-order valence-corrected chi connectivity index (χ0v) is 10.7. The van der Waals surface area contributed by atoms with Crippen molar-refractivity contribution in [1.82, 2.24) is 0 Å². The summed E-state index contributed by atoms with van der Waals surface area (Å²) in [6, 6.07) is 5.37. The second-order valence-corrected chi connectivity index (χ2v) is 4.28. The molecule has 0 aliphatic rings. The Bertz CT molecular complexity index is 415. The Morgan fingerprint density at radius 3 is 2.37 bits per heavy atom. The molecule has 0 saturated heterocycles. The molecule has 1 aromatic carbocycles. The van der Waals surface area contributed by atoms with Crippen LogP contribution >= 0.6 is 0 Å². The summed E-state index contributed by atoms with van der Waals surface area (Å²) in [5, 5.41) is 8.31. The van der Waals surface area contributed by atoms with Gasteiger partial charge in [-0.05, 0) is 38.1 Å². The van der Waals surface area contributed by atoms with E-state index in [0.29, 0.717) is 5.75 Å². The molecule has 0 amide bonds. The van der Waals surface area contributed by atoms with E-state index in [0.717, 1.165) is 0 Å². The molecule has 106 valence electrons. The Kier molecular flexibility index (Phi) is 5.23. The van der Waals surface area contributed by atoms with Gasteiger partial charge in [0.15, 0.2) is 0 Å². The van der Waals surface area contributed by atoms with Crippen LogP contribution < -0.4 is 4.74 Å². The van der Waals surface area contributed by atoms with E-state index in [1.165, 1.54) is 24.3 Å². The van der Waals surface area contributed by atoms with Crippen LogP contribution in [0.3, 0.4) is 0 Å². The quantitative estimate of drug-likeness (QED) is 0.830. The summed E-state index contributed by atoms with van der Waals surface area (Å²) in [5.41, 5.74) is -0.242. The third-order valence-corrected chi connectivity index (χ3v) is 2.16. The van der Waals surface area contributed by atoms with Crippen LogP contribution in [0.5, 0.6) is 5.75 Å². The maximum atomic E-state index is 13.6. The van der Waals surface area contributed by atoms with E-state index < -0.39 is 25.1 Å². The van der Waals surface area contributed by atoms with E-state index in [2.05, 4.69) is 4.74 Å². The van der Waals surface area contributed by atoms with Crippen LogP contribution in [0, 0.1) is 0 Å². The van der Waals surface area contributed by atoms with E-state index >= 15 is 0 Å². The maximum absolute atomic E-state index is 13.6. The zero-order valence-electron chi connectivity index (χ0n) is 10.7. The van der Waals surface area contributed by atoms with Crippen LogP contribution in [0.4, 0.5) is 8.78 Å². The lowest BCUT2D eigenvalue weighted by atomic mass is 10.1. The summed E-state index contributed by atoms with van der Waals surface area (Å²) in [6.07, 6.45) is -0.0368. The summed E-state index contributed by atoms with van der Waals surface area (Å²) < 4.78 is 37.1. The minimum Gasteiger partial charge on any atom is -0.491 e. The van der Waals surface area contributed by atoms with Crippen molar-refractivity contribution in [2.24, 2.45) is 0 Å². The monoisotopic (exact) mass is 274 g/mol. The summed E-state index contributed by atoms with van der Waals surface area (Å²) in [4.78, 5) is 10.2. The summed E-state index contributed by atoms with van der Waals surface area (Å²) in [5.74, 6) is -4.01. The summed E-state index contributed by atoms with van der Waals surface area (Å²) in [6.45, 7) is 1.96. The molecule has 19 heavy (non-hydrogen) atoms. The van der Waals surface area contributed by atoms with Crippen LogP contribution in [-0.2, 0) is 15.5 Å². The van der Waals surface area contributed by atoms with Crippen molar-refractivity contribution in [3.8, 4) is 5.75 Å². The normalized spacial score (nSPS) is 11.6. The van der Waals surface area contributed by atoms with Crippen LogP contribution in [-0.4, -0.2) is 30.4 Å². The first-order chi connectivity index (χ1) is 8.81. The van der Waals surface area contributed by atoms with E-state index in [-0.39, 0.29) is 11.7 Å². The second kappa shape index (κ2) is 6.47. The highest BCUT2D eigenvalue weighted by molar-refractivity contribution is 5.68. The number of carboxylic acids is 1. The molecule has 0 spiro atoms. The first-order valence-corrected chi connectivity index (χ1v) is 5.76. The van der Waals surface area contributed by atoms with Gasteiger partial charge in [0.1, 0.15) is 19.0 Å². The molecule has 0 fully saturated rings. The molecule has 0 atom stereocenters. The molecule has 0 heterocycles. The SMILES string of the molecule is CC(C)Oc1ccc(C(F)(F)COCC(=O)O)cc1. The van der Waals surface area contributed by atoms with E-state index in [1.807, 2.05) is 13.8 Å². The topological polar surface area (TPSA) is 55.8 Å². The average Bonchev–Trinajstić information content (AvgIpc) is 2.28. The average molecular weight is 274 g/mol. The molecule has 1 aromatic rings. The number of hydrogen-bond donors (Lipinski definition) is 1. The fourth-order valence-corrected chi connectivity index (χ4v) is 1.40. The fraction of sp³-hybridized carbons (Fsp3) is 0.462. The predicted molar refractivity (Wildman–Crippen MR) is 64.6 cm³/mol. The van der Waals surface area contributed by atoms with Gasteiger partial charge in [0.05, 0.1) is 6.10 Å². The molecule has 0 aromatic heterocycles. The Morgan fingerprint density at radius 2 is 1.89 bits per heavy atom. The molecule has 0 saturated carbocycles. The third kappa shape index (κ3) is 5.21. The van der Waals surface area contributed by atoms with Crippen molar-refractivity contribution in [1.29, 1.82) is 0 Å². The lowest BCUT2D eigenvalue weighted by Crippen LogP contribution is -2.23. The summed E-state index contributed by atoms with van der Waals surface area (Å²) in [7, 11) is 0. The number of alkyl halides is 2. The maximum Gasteiger partial charge on any atom is 0.329 e. The lowest BCUT2D eigenvalue weighted by Gasteiger charge is -2.17. The molecule has 4 nitrogen and oxygen atoms in total. The van der Waals surface area contributed by atoms with Crippen LogP contribution in [0.25, 0.3) is 0 Å². The number of hydrogen-bond acceptors (Lipinski definition) is 3. The van der Waals surface area contributed by atoms with Crippen molar-refractivity contribution in [2.75, 3.05) is 13.2 Å². The van der Waals surface area contributed by atoms with E-state index in [1.54, 1.807) is 0 Å². The first-order valence-electron chi connectivity index (χ1n) is 5.76. The highest BCUT2D eigenvalue weighted by Gasteiger charge is 2.32. The minimum absolute atomic E-state index is 0.0368. The molecule has 1 rings (SSSR count). The number of halogens is 2. The van der Waals surface area contributed by atoms with Gasteiger partial charge >= 0.3 is 5.97 Å². The number of ether oxygens (including phenoxy) is 2. The molecule has 0 bridgehead atoms. The molecular weight excluding hydrogens is 258 g/mol. The summed E-state index contributed by atoms with van der Waals surface area (Å²) >= 11 is 0. The molecule has 0 radical (unpaired) electrons. The van der Waals surface area contributed by atoms with Crippen molar-refractivity contribution in [2.45, 2.75) is 25.9 Å². The van der Waals surface area contributed by atoms with Crippen LogP contribution in [0.2, 0.25) is 0 Å². The zero-order chi connectivity index (χ0) is 14.5. The van der Waals surface area contributed by atoms with Crippen molar-refractivity contribution >= 4 is 5.97 Å². The van der Waals surface area contributed by atoms with E-state index in [9.17, 15) is 13.6 Å². The highest BCUT2D eigenvalue weighted by Crippen LogP contribution is 2.29. The largest absolute Gasteiger partial charge is 0.491 e. The van der Waals surface area contributed by atoms with Crippen molar-refractivity contribution < 1.29 is 28.2 Å². The number of rotatable bonds is 7. The Hall–Kier alpha value is -1.69. The minimum atomic E-state index is -3.23. The molecule has 1 N–H and O–H groups in total. The second-order valence-electron chi connectivity index (χ2n) is 4.28. The number of carbonyl (C=O) groups is 1. The standard InChI is InChI=1S/C13H16F2O4/c1-9(2)19-11-5-3-10(4-6-11)13(14,15)8-18-7-12(16)17/h3-6,9H,7-8H2,1-2H3,(H,16,17). The van der Waals surface area contributed by atoms with Crippen molar-refractivity contribution in [3.63, 3.8) is 0 Å².